The fraction of sp³-hybridized carbons (Fsp3) is 0.308. The normalized spacial score (nSPS) is 18.2. The van der Waals surface area contributed by atoms with E-state index in [2.05, 4.69) is 33.4 Å². The van der Waals surface area contributed by atoms with Gasteiger partial charge in [0.1, 0.15) is 0 Å². The van der Waals surface area contributed by atoms with Crippen molar-refractivity contribution in [2.24, 2.45) is 11.1 Å². The van der Waals surface area contributed by atoms with Gasteiger partial charge in [0.05, 0.1) is 10.6 Å². The first-order chi connectivity index (χ1) is 9.36. The van der Waals surface area contributed by atoms with Gasteiger partial charge in [-0.05, 0) is 52.9 Å². The van der Waals surface area contributed by atoms with E-state index in [4.69, 9.17) is 5.14 Å². The van der Waals surface area contributed by atoms with Crippen LogP contribution >= 0.6 is 15.9 Å². The first-order valence-corrected chi connectivity index (χ1v) is 8.49. The zero-order valence-electron chi connectivity index (χ0n) is 10.7. The smallest absolute Gasteiger partial charge is 0.238 e. The molecule has 1 unspecified atom stereocenters. The molecule has 1 aliphatic carbocycles. The van der Waals surface area contributed by atoms with Crippen LogP contribution < -0.4 is 10.5 Å². The number of hydrogen-bond donors (Lipinski definition) is 2. The van der Waals surface area contributed by atoms with Crippen molar-refractivity contribution in [1.29, 1.82) is 0 Å². The number of hydrogen-bond acceptors (Lipinski definition) is 3. The Bertz CT molecular complexity index is 656. The molecule has 0 saturated heterocycles. The number of primary sulfonamides is 1. The Morgan fingerprint density at radius 3 is 2.75 bits per heavy atom. The van der Waals surface area contributed by atoms with Gasteiger partial charge in [-0.15, -0.1) is 0 Å². The van der Waals surface area contributed by atoms with Gasteiger partial charge in [0.25, 0.3) is 0 Å². The molecule has 0 aliphatic heterocycles. The molecule has 0 saturated carbocycles. The van der Waals surface area contributed by atoms with Gasteiger partial charge in [0, 0.05) is 10.9 Å². The van der Waals surface area contributed by atoms with Crippen LogP contribution in [0.2, 0.25) is 0 Å². The molecule has 1 atom stereocenters. The van der Waals surface area contributed by atoms with Gasteiger partial charge in [-0.1, -0.05) is 12.2 Å². The van der Waals surface area contributed by atoms with Crippen LogP contribution in [-0.2, 0) is 14.8 Å². The van der Waals surface area contributed by atoms with Crippen molar-refractivity contribution in [2.75, 3.05) is 5.32 Å². The molecule has 0 fully saturated rings. The van der Waals surface area contributed by atoms with E-state index in [1.165, 1.54) is 18.2 Å². The molecule has 108 valence electrons. The van der Waals surface area contributed by atoms with E-state index in [9.17, 15) is 13.2 Å². The van der Waals surface area contributed by atoms with Crippen LogP contribution in [0.5, 0.6) is 0 Å². The lowest BCUT2D eigenvalue weighted by molar-refractivity contribution is -0.116. The molecule has 0 spiro atoms. The zero-order valence-corrected chi connectivity index (χ0v) is 13.1. The number of halogens is 1. The van der Waals surface area contributed by atoms with Gasteiger partial charge >= 0.3 is 0 Å². The topological polar surface area (TPSA) is 89.3 Å². The number of carbonyl (C=O) groups excluding carboxylic acids is 1. The molecule has 3 N–H and O–H groups in total. The second-order valence-electron chi connectivity index (χ2n) is 4.70. The van der Waals surface area contributed by atoms with Crippen molar-refractivity contribution < 1.29 is 13.2 Å². The third-order valence-electron chi connectivity index (χ3n) is 3.10. The van der Waals surface area contributed by atoms with E-state index in [1.807, 2.05) is 0 Å². The Balaban J connectivity index is 2.06. The summed E-state index contributed by atoms with van der Waals surface area (Å²) in [6.07, 6.45) is 6.58. The van der Waals surface area contributed by atoms with Crippen LogP contribution in [-0.4, -0.2) is 14.3 Å². The number of nitrogens with one attached hydrogen (secondary N) is 1. The van der Waals surface area contributed by atoms with Crippen LogP contribution in [0.25, 0.3) is 0 Å². The average Bonchev–Trinajstić information content (AvgIpc) is 2.83. The van der Waals surface area contributed by atoms with E-state index in [1.54, 1.807) is 0 Å². The fourth-order valence-corrected chi connectivity index (χ4v) is 3.25. The van der Waals surface area contributed by atoms with E-state index in [0.717, 1.165) is 12.8 Å². The van der Waals surface area contributed by atoms with Crippen LogP contribution in [0.1, 0.15) is 19.3 Å². The largest absolute Gasteiger partial charge is 0.325 e. The molecule has 0 aromatic heterocycles. The summed E-state index contributed by atoms with van der Waals surface area (Å²) in [5.74, 6) is 0.197. The minimum atomic E-state index is -3.74. The summed E-state index contributed by atoms with van der Waals surface area (Å²) in [5, 5.41) is 7.80. The van der Waals surface area contributed by atoms with Crippen molar-refractivity contribution in [2.45, 2.75) is 24.2 Å². The van der Waals surface area contributed by atoms with Crippen LogP contribution in [0.15, 0.2) is 39.7 Å². The van der Waals surface area contributed by atoms with Crippen LogP contribution in [0, 0.1) is 5.92 Å². The molecule has 1 amide bonds. The van der Waals surface area contributed by atoms with Crippen molar-refractivity contribution in [3.63, 3.8) is 0 Å². The lowest BCUT2D eigenvalue weighted by Crippen LogP contribution is -2.16. The Kier molecular flexibility index (Phi) is 4.62. The number of benzene rings is 1. The molecule has 20 heavy (non-hydrogen) atoms. The molecule has 1 aromatic rings. The summed E-state index contributed by atoms with van der Waals surface area (Å²) >= 11 is 3.23. The van der Waals surface area contributed by atoms with E-state index < -0.39 is 10.0 Å². The second-order valence-corrected chi connectivity index (χ2v) is 7.12. The SMILES string of the molecule is NS(=O)(=O)c1ccc(NC(=O)CC2C=CCC2)c(Br)c1. The summed E-state index contributed by atoms with van der Waals surface area (Å²) in [4.78, 5) is 11.9. The minimum Gasteiger partial charge on any atom is -0.325 e. The molecule has 0 radical (unpaired) electrons. The maximum atomic E-state index is 11.9. The number of anilines is 1. The molecule has 1 aliphatic rings. The summed E-state index contributed by atoms with van der Waals surface area (Å²) in [6, 6.07) is 4.26. The Morgan fingerprint density at radius 2 is 2.20 bits per heavy atom. The molecule has 2 rings (SSSR count). The van der Waals surface area contributed by atoms with Crippen molar-refractivity contribution >= 4 is 37.5 Å². The monoisotopic (exact) mass is 358 g/mol. The van der Waals surface area contributed by atoms with E-state index >= 15 is 0 Å². The molecule has 0 heterocycles. The highest BCUT2D eigenvalue weighted by Crippen LogP contribution is 2.26. The Labute approximate surface area is 126 Å². The predicted molar refractivity (Wildman–Crippen MR) is 80.6 cm³/mol. The molecule has 7 heteroatoms. The van der Waals surface area contributed by atoms with E-state index in [-0.39, 0.29) is 16.7 Å². The van der Waals surface area contributed by atoms with Gasteiger partial charge in [0.2, 0.25) is 15.9 Å². The first-order valence-electron chi connectivity index (χ1n) is 6.15. The predicted octanol–water partition coefficient (Wildman–Crippen LogP) is 2.39. The highest BCUT2D eigenvalue weighted by Gasteiger charge is 2.16. The Hall–Kier alpha value is -1.18. The molecule has 0 bridgehead atoms. The number of sulfonamides is 1. The first kappa shape index (κ1) is 15.2. The molecular weight excluding hydrogens is 344 g/mol. The van der Waals surface area contributed by atoms with Crippen molar-refractivity contribution in [3.05, 3.63) is 34.8 Å². The summed E-state index contributed by atoms with van der Waals surface area (Å²) in [6.45, 7) is 0. The van der Waals surface area contributed by atoms with Crippen LogP contribution in [0.3, 0.4) is 0 Å². The standard InChI is InChI=1S/C13H15BrN2O3S/c14-11-8-10(20(15,18)19)5-6-12(11)16-13(17)7-9-3-1-2-4-9/h1,3,5-6,8-9H,2,4,7H2,(H,16,17)(H2,15,18,19). The third kappa shape index (κ3) is 3.91. The van der Waals surface area contributed by atoms with E-state index in [0.29, 0.717) is 16.6 Å². The second kappa shape index (κ2) is 6.07. The Morgan fingerprint density at radius 1 is 1.45 bits per heavy atom. The fourth-order valence-electron chi connectivity index (χ4n) is 2.08. The zero-order chi connectivity index (χ0) is 14.8. The molecule has 1 aromatic carbocycles. The molecular formula is C13H15BrN2O3S. The average molecular weight is 359 g/mol. The third-order valence-corrected chi connectivity index (χ3v) is 4.67. The summed E-state index contributed by atoms with van der Waals surface area (Å²) in [7, 11) is -3.74. The van der Waals surface area contributed by atoms with Gasteiger partial charge in [-0.2, -0.15) is 0 Å². The van der Waals surface area contributed by atoms with Gasteiger partial charge < -0.3 is 5.32 Å². The number of nitrogens with two attached hydrogens (primary N) is 1. The number of allylic oxidation sites excluding steroid dienone is 2. The summed E-state index contributed by atoms with van der Waals surface area (Å²) < 4.78 is 22.9. The van der Waals surface area contributed by atoms with Crippen molar-refractivity contribution in [3.8, 4) is 0 Å². The van der Waals surface area contributed by atoms with Gasteiger partial charge in [-0.25, -0.2) is 13.6 Å². The van der Waals surface area contributed by atoms with Gasteiger partial charge in [-0.3, -0.25) is 4.79 Å². The highest BCUT2D eigenvalue weighted by molar-refractivity contribution is 9.10. The lowest BCUT2D eigenvalue weighted by Gasteiger charge is -2.11. The number of carbonyl (C=O) groups is 1. The number of amides is 1. The highest BCUT2D eigenvalue weighted by atomic mass is 79.9. The number of rotatable bonds is 4. The molecule has 5 nitrogen and oxygen atoms in total. The maximum Gasteiger partial charge on any atom is 0.238 e. The van der Waals surface area contributed by atoms with Crippen molar-refractivity contribution in [1.82, 2.24) is 0 Å². The minimum absolute atomic E-state index is 0.00102. The maximum absolute atomic E-state index is 11.9. The van der Waals surface area contributed by atoms with Crippen LogP contribution in [0.4, 0.5) is 5.69 Å². The summed E-state index contributed by atoms with van der Waals surface area (Å²) in [5.41, 5.74) is 0.532. The lowest BCUT2D eigenvalue weighted by atomic mass is 10.1. The quantitative estimate of drug-likeness (QED) is 0.809. The van der Waals surface area contributed by atoms with Gasteiger partial charge in [0.15, 0.2) is 0 Å².